The van der Waals surface area contributed by atoms with Crippen LogP contribution in [0.3, 0.4) is 0 Å². The van der Waals surface area contributed by atoms with Crippen LogP contribution in [0.15, 0.2) is 64.8 Å². The normalized spacial score (nSPS) is 18.4. The topological polar surface area (TPSA) is 57.2 Å². The molecular weight excluding hydrogens is 457 g/mol. The van der Waals surface area contributed by atoms with Crippen LogP contribution < -0.4 is 5.32 Å². The van der Waals surface area contributed by atoms with Gasteiger partial charge in [-0.25, -0.2) is 10.1 Å². The second-order valence-corrected chi connectivity index (χ2v) is 8.75. The molecule has 9 heteroatoms. The summed E-state index contributed by atoms with van der Waals surface area (Å²) >= 11 is 0. The van der Waals surface area contributed by atoms with Gasteiger partial charge in [0.1, 0.15) is 0 Å². The Kier molecular flexibility index (Phi) is 7.16. The Morgan fingerprint density at radius 2 is 1.80 bits per heavy atom. The van der Waals surface area contributed by atoms with Gasteiger partial charge >= 0.3 is 6.18 Å². The molecule has 2 aliphatic heterocycles. The molecule has 0 spiro atoms. The molecule has 0 saturated carbocycles. The third kappa shape index (κ3) is 5.67. The van der Waals surface area contributed by atoms with E-state index in [1.807, 2.05) is 49.9 Å². The molecule has 1 N–H and O–H groups in total. The SMILES string of the molecule is CCON1CC2=C(CCN(C(=O)c3ccc(C)cc3)C2)NC1=NC(C)c1ccc(C(F)(F)F)cc1. The molecule has 0 fully saturated rings. The molecule has 0 aromatic heterocycles. The van der Waals surface area contributed by atoms with Crippen LogP contribution in [0.25, 0.3) is 0 Å². The number of guanidine groups is 1. The first-order valence-electron chi connectivity index (χ1n) is 11.6. The molecule has 0 saturated heterocycles. The van der Waals surface area contributed by atoms with E-state index >= 15 is 0 Å². The zero-order valence-corrected chi connectivity index (χ0v) is 20.0. The molecule has 0 bridgehead atoms. The summed E-state index contributed by atoms with van der Waals surface area (Å²) in [6, 6.07) is 12.2. The lowest BCUT2D eigenvalue weighted by atomic mass is 10.0. The lowest BCUT2D eigenvalue weighted by Gasteiger charge is -2.39. The maximum absolute atomic E-state index is 13.0. The Morgan fingerprint density at radius 3 is 2.43 bits per heavy atom. The van der Waals surface area contributed by atoms with Crippen molar-refractivity contribution in [3.05, 3.63) is 82.1 Å². The van der Waals surface area contributed by atoms with Gasteiger partial charge in [-0.3, -0.25) is 9.63 Å². The highest BCUT2D eigenvalue weighted by atomic mass is 19.4. The van der Waals surface area contributed by atoms with E-state index in [1.54, 1.807) is 5.06 Å². The highest BCUT2D eigenvalue weighted by molar-refractivity contribution is 5.94. The van der Waals surface area contributed by atoms with Crippen LogP contribution in [0.4, 0.5) is 13.2 Å². The van der Waals surface area contributed by atoms with Gasteiger partial charge in [0.05, 0.1) is 24.8 Å². The second-order valence-electron chi connectivity index (χ2n) is 8.75. The summed E-state index contributed by atoms with van der Waals surface area (Å²) in [7, 11) is 0. The minimum atomic E-state index is -4.37. The molecule has 6 nitrogen and oxygen atoms in total. The van der Waals surface area contributed by atoms with Crippen molar-refractivity contribution in [1.82, 2.24) is 15.3 Å². The first-order chi connectivity index (χ1) is 16.7. The fourth-order valence-electron chi connectivity index (χ4n) is 4.19. The van der Waals surface area contributed by atoms with Gasteiger partial charge in [-0.05, 0) is 56.2 Å². The molecule has 0 aliphatic carbocycles. The van der Waals surface area contributed by atoms with Gasteiger partial charge in [-0.1, -0.05) is 29.8 Å². The van der Waals surface area contributed by atoms with Gasteiger partial charge < -0.3 is 10.2 Å². The Morgan fingerprint density at radius 1 is 1.11 bits per heavy atom. The van der Waals surface area contributed by atoms with Crippen molar-refractivity contribution in [3.63, 3.8) is 0 Å². The number of nitrogens with one attached hydrogen (secondary N) is 1. The minimum absolute atomic E-state index is 0.00472. The summed E-state index contributed by atoms with van der Waals surface area (Å²) in [6.45, 7) is 7.62. The van der Waals surface area contributed by atoms with E-state index < -0.39 is 11.7 Å². The molecule has 0 radical (unpaired) electrons. The average Bonchev–Trinajstić information content (AvgIpc) is 2.84. The Bertz CT molecular complexity index is 1120. The van der Waals surface area contributed by atoms with Crippen molar-refractivity contribution in [2.45, 2.75) is 39.4 Å². The van der Waals surface area contributed by atoms with E-state index in [-0.39, 0.29) is 11.9 Å². The lowest BCUT2D eigenvalue weighted by Crippen LogP contribution is -2.51. The number of carbonyl (C=O) groups is 1. The second kappa shape index (κ2) is 10.1. The number of aryl methyl sites for hydroxylation is 1. The lowest BCUT2D eigenvalue weighted by molar-refractivity contribution is -0.137. The number of carbonyl (C=O) groups excluding carboxylic acids is 1. The number of aliphatic imine (C=N–C) groups is 1. The fraction of sp³-hybridized carbons (Fsp3) is 0.385. The number of alkyl halides is 3. The summed E-state index contributed by atoms with van der Waals surface area (Å²) in [5, 5.41) is 5.00. The summed E-state index contributed by atoms with van der Waals surface area (Å²) < 4.78 is 38.7. The predicted octanol–water partition coefficient (Wildman–Crippen LogP) is 5.09. The van der Waals surface area contributed by atoms with Crippen LogP contribution in [0.2, 0.25) is 0 Å². The molecule has 1 atom stereocenters. The van der Waals surface area contributed by atoms with Crippen LogP contribution in [0.5, 0.6) is 0 Å². The Labute approximate surface area is 203 Å². The van der Waals surface area contributed by atoms with Gasteiger partial charge in [0.25, 0.3) is 5.91 Å². The fourth-order valence-corrected chi connectivity index (χ4v) is 4.19. The van der Waals surface area contributed by atoms with Gasteiger partial charge in [-0.15, -0.1) is 0 Å². The molecule has 2 aromatic rings. The first kappa shape index (κ1) is 24.8. The molecule has 1 unspecified atom stereocenters. The zero-order valence-electron chi connectivity index (χ0n) is 20.0. The van der Waals surface area contributed by atoms with Crippen molar-refractivity contribution in [2.75, 3.05) is 26.2 Å². The number of amides is 1. The first-order valence-corrected chi connectivity index (χ1v) is 11.6. The van der Waals surface area contributed by atoms with Gasteiger partial charge in [-0.2, -0.15) is 13.2 Å². The van der Waals surface area contributed by atoms with Crippen molar-refractivity contribution >= 4 is 11.9 Å². The van der Waals surface area contributed by atoms with Crippen LogP contribution >= 0.6 is 0 Å². The van der Waals surface area contributed by atoms with Crippen molar-refractivity contribution < 1.29 is 22.8 Å². The van der Waals surface area contributed by atoms with E-state index in [0.29, 0.717) is 49.7 Å². The molecule has 2 aromatic carbocycles. The van der Waals surface area contributed by atoms with Crippen molar-refractivity contribution in [1.29, 1.82) is 0 Å². The standard InChI is InChI=1S/C26H29F3N4O2/c1-4-35-33-16-21-15-32(24(34)20-7-5-17(2)6-8-20)14-13-23(21)31-25(33)30-18(3)19-9-11-22(12-10-19)26(27,28)29/h5-12,18H,4,13-16H2,1-3H3,(H,30,31). The number of hydrogen-bond acceptors (Lipinski definition) is 3. The van der Waals surface area contributed by atoms with E-state index in [0.717, 1.165) is 29.0 Å². The maximum Gasteiger partial charge on any atom is 0.416 e. The highest BCUT2D eigenvalue weighted by Gasteiger charge is 2.32. The molecule has 2 heterocycles. The highest BCUT2D eigenvalue weighted by Crippen LogP contribution is 2.31. The van der Waals surface area contributed by atoms with Crippen LogP contribution in [-0.2, 0) is 11.0 Å². The number of halogens is 3. The maximum atomic E-state index is 13.0. The third-order valence-corrected chi connectivity index (χ3v) is 6.18. The van der Waals surface area contributed by atoms with Gasteiger partial charge in [0, 0.05) is 30.8 Å². The Balaban J connectivity index is 1.51. The molecule has 1 amide bonds. The summed E-state index contributed by atoms with van der Waals surface area (Å²) in [5.41, 5.74) is 3.80. The zero-order chi connectivity index (χ0) is 25.2. The number of benzene rings is 2. The van der Waals surface area contributed by atoms with Gasteiger partial charge in [0.15, 0.2) is 0 Å². The molecule has 2 aliphatic rings. The number of hydrogen-bond donors (Lipinski definition) is 1. The summed E-state index contributed by atoms with van der Waals surface area (Å²) in [4.78, 5) is 25.3. The van der Waals surface area contributed by atoms with E-state index in [9.17, 15) is 18.0 Å². The Hall–Kier alpha value is -3.33. The van der Waals surface area contributed by atoms with E-state index in [1.165, 1.54) is 12.1 Å². The number of rotatable bonds is 5. The minimum Gasteiger partial charge on any atom is -0.334 e. The molecule has 4 rings (SSSR count). The van der Waals surface area contributed by atoms with E-state index in [4.69, 9.17) is 9.83 Å². The van der Waals surface area contributed by atoms with Crippen LogP contribution in [-0.4, -0.2) is 48.1 Å². The van der Waals surface area contributed by atoms with Gasteiger partial charge in [0.2, 0.25) is 5.96 Å². The monoisotopic (exact) mass is 486 g/mol. The van der Waals surface area contributed by atoms with Crippen LogP contribution in [0.1, 0.15) is 53.4 Å². The molecule has 186 valence electrons. The average molecular weight is 487 g/mol. The van der Waals surface area contributed by atoms with Crippen molar-refractivity contribution in [2.24, 2.45) is 4.99 Å². The quantitative estimate of drug-likeness (QED) is 0.640. The van der Waals surface area contributed by atoms with Crippen molar-refractivity contribution in [3.8, 4) is 0 Å². The molecule has 35 heavy (non-hydrogen) atoms. The van der Waals surface area contributed by atoms with E-state index in [2.05, 4.69) is 5.32 Å². The van der Waals surface area contributed by atoms with Crippen LogP contribution in [0, 0.1) is 6.92 Å². The molecular formula is C26H29F3N4O2. The summed E-state index contributed by atoms with van der Waals surface area (Å²) in [5.74, 6) is 0.506. The third-order valence-electron chi connectivity index (χ3n) is 6.18. The smallest absolute Gasteiger partial charge is 0.334 e. The summed E-state index contributed by atoms with van der Waals surface area (Å²) in [6.07, 6.45) is -3.72. The predicted molar refractivity (Wildman–Crippen MR) is 127 cm³/mol. The number of hydroxylamine groups is 2. The number of nitrogens with zero attached hydrogens (tertiary/aromatic N) is 3. The largest absolute Gasteiger partial charge is 0.416 e.